The van der Waals surface area contributed by atoms with E-state index in [0.29, 0.717) is 5.92 Å². The topological polar surface area (TPSA) is 69.1 Å². The van der Waals surface area contributed by atoms with Crippen LogP contribution in [-0.4, -0.2) is 19.8 Å². The zero-order valence-electron chi connectivity index (χ0n) is 10.6. The highest BCUT2D eigenvalue weighted by Gasteiger charge is 2.17. The molecule has 0 radical (unpaired) electrons. The standard InChI is InChI=1S/C11H19N5S/c1-4-5-6-8(12)10-15-16-9(7(2)3)13-14-11(16)17-10/h7-8H,4-6,12H2,1-3H3. The zero-order chi connectivity index (χ0) is 12.4. The maximum absolute atomic E-state index is 6.12. The third kappa shape index (κ3) is 2.47. The normalized spacial score (nSPS) is 13.7. The van der Waals surface area contributed by atoms with E-state index in [0.717, 1.165) is 35.1 Å². The molecule has 0 amide bonds. The SMILES string of the molecule is CCCCC(N)c1nn2c(C(C)C)nnc2s1. The number of fused-ring (bicyclic) bond motifs is 1. The minimum atomic E-state index is 0.0293. The number of aromatic nitrogens is 4. The molecule has 0 aliphatic carbocycles. The lowest BCUT2D eigenvalue weighted by Crippen LogP contribution is -2.10. The molecule has 0 spiro atoms. The summed E-state index contributed by atoms with van der Waals surface area (Å²) in [6.45, 7) is 6.35. The summed E-state index contributed by atoms with van der Waals surface area (Å²) in [5.74, 6) is 1.23. The fourth-order valence-electron chi connectivity index (χ4n) is 1.70. The molecule has 0 saturated heterocycles. The first-order valence-electron chi connectivity index (χ1n) is 6.11. The lowest BCUT2D eigenvalue weighted by molar-refractivity contribution is 0.589. The summed E-state index contributed by atoms with van der Waals surface area (Å²) < 4.78 is 1.83. The van der Waals surface area contributed by atoms with Gasteiger partial charge in [0.25, 0.3) is 0 Å². The van der Waals surface area contributed by atoms with Crippen LogP contribution in [0.25, 0.3) is 4.96 Å². The summed E-state index contributed by atoms with van der Waals surface area (Å²) >= 11 is 1.55. The van der Waals surface area contributed by atoms with Gasteiger partial charge in [0.2, 0.25) is 4.96 Å². The average Bonchev–Trinajstić information content (AvgIpc) is 2.83. The van der Waals surface area contributed by atoms with Crippen molar-refractivity contribution in [1.82, 2.24) is 19.8 Å². The largest absolute Gasteiger partial charge is 0.322 e. The average molecular weight is 253 g/mol. The fourth-order valence-corrected chi connectivity index (χ4v) is 2.59. The Hall–Kier alpha value is -1.01. The van der Waals surface area contributed by atoms with Gasteiger partial charge in [0.15, 0.2) is 5.82 Å². The van der Waals surface area contributed by atoms with E-state index >= 15 is 0 Å². The van der Waals surface area contributed by atoms with Crippen molar-refractivity contribution < 1.29 is 0 Å². The van der Waals surface area contributed by atoms with Gasteiger partial charge >= 0.3 is 0 Å². The first kappa shape index (κ1) is 12.4. The van der Waals surface area contributed by atoms with Gasteiger partial charge in [-0.15, -0.1) is 10.2 Å². The van der Waals surface area contributed by atoms with Crippen molar-refractivity contribution in [3.63, 3.8) is 0 Å². The van der Waals surface area contributed by atoms with Crippen LogP contribution in [0, 0.1) is 0 Å². The molecule has 2 heterocycles. The van der Waals surface area contributed by atoms with Gasteiger partial charge in [0.05, 0.1) is 6.04 Å². The first-order valence-corrected chi connectivity index (χ1v) is 6.92. The molecule has 2 aromatic rings. The van der Waals surface area contributed by atoms with Gasteiger partial charge < -0.3 is 5.73 Å². The van der Waals surface area contributed by atoms with E-state index in [1.54, 1.807) is 11.3 Å². The van der Waals surface area contributed by atoms with Crippen molar-refractivity contribution in [3.05, 3.63) is 10.8 Å². The minimum Gasteiger partial charge on any atom is -0.322 e. The lowest BCUT2D eigenvalue weighted by atomic mass is 10.1. The number of rotatable bonds is 5. The second kappa shape index (κ2) is 5.10. The number of hydrogen-bond donors (Lipinski definition) is 1. The highest BCUT2D eigenvalue weighted by molar-refractivity contribution is 7.16. The molecule has 2 N–H and O–H groups in total. The van der Waals surface area contributed by atoms with Crippen LogP contribution in [0.2, 0.25) is 0 Å². The second-order valence-electron chi connectivity index (χ2n) is 4.60. The van der Waals surface area contributed by atoms with E-state index in [2.05, 4.69) is 36.1 Å². The Morgan fingerprint density at radius 3 is 2.76 bits per heavy atom. The summed E-state index contributed by atoms with van der Waals surface area (Å²) in [6.07, 6.45) is 3.28. The quantitative estimate of drug-likeness (QED) is 0.889. The molecule has 2 aromatic heterocycles. The van der Waals surface area contributed by atoms with Gasteiger partial charge in [-0.25, -0.2) is 0 Å². The number of nitrogens with zero attached hydrogens (tertiary/aromatic N) is 4. The molecule has 0 fully saturated rings. The number of hydrogen-bond acceptors (Lipinski definition) is 5. The smallest absolute Gasteiger partial charge is 0.234 e. The van der Waals surface area contributed by atoms with Gasteiger partial charge in [0.1, 0.15) is 5.01 Å². The van der Waals surface area contributed by atoms with Gasteiger partial charge in [-0.3, -0.25) is 0 Å². The molecule has 5 nitrogen and oxygen atoms in total. The third-order valence-electron chi connectivity index (χ3n) is 2.73. The molecule has 0 aliphatic rings. The predicted octanol–water partition coefficient (Wildman–Crippen LogP) is 2.50. The number of nitrogens with two attached hydrogens (primary N) is 1. The molecule has 2 rings (SSSR count). The first-order chi connectivity index (χ1) is 8.13. The highest BCUT2D eigenvalue weighted by atomic mass is 32.1. The predicted molar refractivity (Wildman–Crippen MR) is 69.2 cm³/mol. The maximum atomic E-state index is 6.12. The molecular formula is C11H19N5S. The fraction of sp³-hybridized carbons (Fsp3) is 0.727. The zero-order valence-corrected chi connectivity index (χ0v) is 11.4. The molecule has 17 heavy (non-hydrogen) atoms. The lowest BCUT2D eigenvalue weighted by Gasteiger charge is -2.05. The van der Waals surface area contributed by atoms with Crippen LogP contribution in [0.4, 0.5) is 0 Å². The Labute approximate surface area is 105 Å². The van der Waals surface area contributed by atoms with Crippen molar-refractivity contribution in [1.29, 1.82) is 0 Å². The van der Waals surface area contributed by atoms with Crippen LogP contribution in [0.1, 0.15) is 62.8 Å². The second-order valence-corrected chi connectivity index (χ2v) is 5.58. The van der Waals surface area contributed by atoms with E-state index < -0.39 is 0 Å². The van der Waals surface area contributed by atoms with Crippen LogP contribution in [-0.2, 0) is 0 Å². The van der Waals surface area contributed by atoms with E-state index in [9.17, 15) is 0 Å². The number of unbranched alkanes of at least 4 members (excludes halogenated alkanes) is 1. The van der Waals surface area contributed by atoms with Gasteiger partial charge in [0, 0.05) is 5.92 Å². The Morgan fingerprint density at radius 1 is 1.35 bits per heavy atom. The monoisotopic (exact) mass is 253 g/mol. The molecule has 0 saturated carbocycles. The Balaban J connectivity index is 2.25. The van der Waals surface area contributed by atoms with E-state index in [-0.39, 0.29) is 6.04 Å². The van der Waals surface area contributed by atoms with Gasteiger partial charge in [-0.1, -0.05) is 44.9 Å². The molecule has 0 bridgehead atoms. The minimum absolute atomic E-state index is 0.0293. The molecule has 1 atom stereocenters. The van der Waals surface area contributed by atoms with E-state index in [1.165, 1.54) is 0 Å². The highest BCUT2D eigenvalue weighted by Crippen LogP contribution is 2.24. The molecule has 0 aromatic carbocycles. The van der Waals surface area contributed by atoms with Crippen LogP contribution in [0.15, 0.2) is 0 Å². The Bertz CT molecular complexity index is 487. The van der Waals surface area contributed by atoms with Crippen LogP contribution in [0.5, 0.6) is 0 Å². The Morgan fingerprint density at radius 2 is 2.12 bits per heavy atom. The third-order valence-corrected chi connectivity index (χ3v) is 3.76. The van der Waals surface area contributed by atoms with Crippen LogP contribution in [0.3, 0.4) is 0 Å². The van der Waals surface area contributed by atoms with Crippen molar-refractivity contribution in [3.8, 4) is 0 Å². The summed E-state index contributed by atoms with van der Waals surface area (Å²) in [4.78, 5) is 0.843. The maximum Gasteiger partial charge on any atom is 0.234 e. The Kier molecular flexibility index (Phi) is 3.73. The van der Waals surface area contributed by atoms with Crippen LogP contribution < -0.4 is 5.73 Å². The molecular weight excluding hydrogens is 234 g/mol. The summed E-state index contributed by atoms with van der Waals surface area (Å²) in [6, 6.07) is 0.0293. The van der Waals surface area contributed by atoms with Crippen molar-refractivity contribution in [2.75, 3.05) is 0 Å². The molecule has 1 unspecified atom stereocenters. The van der Waals surface area contributed by atoms with Crippen molar-refractivity contribution >= 4 is 16.3 Å². The summed E-state index contributed by atoms with van der Waals surface area (Å²) in [7, 11) is 0. The summed E-state index contributed by atoms with van der Waals surface area (Å²) in [5.41, 5.74) is 6.12. The molecule has 6 heteroatoms. The van der Waals surface area contributed by atoms with Crippen molar-refractivity contribution in [2.24, 2.45) is 5.73 Å². The molecule has 0 aliphatic heterocycles. The molecule has 94 valence electrons. The van der Waals surface area contributed by atoms with Gasteiger partial charge in [-0.2, -0.15) is 9.61 Å². The van der Waals surface area contributed by atoms with Crippen molar-refractivity contribution in [2.45, 2.75) is 52.0 Å². The van der Waals surface area contributed by atoms with Gasteiger partial charge in [-0.05, 0) is 6.42 Å². The van der Waals surface area contributed by atoms with Crippen LogP contribution >= 0.6 is 11.3 Å². The van der Waals surface area contributed by atoms with E-state index in [4.69, 9.17) is 5.73 Å². The summed E-state index contributed by atoms with van der Waals surface area (Å²) in [5, 5.41) is 13.8. The van der Waals surface area contributed by atoms with E-state index in [1.807, 2.05) is 4.52 Å².